The molecular formula is C41H48ClN13O6. The van der Waals surface area contributed by atoms with Crippen LogP contribution in [0.2, 0.25) is 5.02 Å². The first-order chi connectivity index (χ1) is 29.4. The number of nitrogens with two attached hydrogens (primary N) is 1. The van der Waals surface area contributed by atoms with E-state index in [0.29, 0.717) is 48.8 Å². The molecule has 6 aliphatic rings. The number of rotatable bonds is 10. The van der Waals surface area contributed by atoms with Crippen molar-refractivity contribution in [2.24, 2.45) is 11.7 Å². The quantitative estimate of drug-likeness (QED) is 0.248. The lowest BCUT2D eigenvalue weighted by Gasteiger charge is -2.37. The van der Waals surface area contributed by atoms with Crippen molar-refractivity contribution in [3.63, 3.8) is 0 Å². The number of piperazine rings is 1. The first-order valence-corrected chi connectivity index (χ1v) is 21.2. The molecule has 2 unspecified atom stereocenters. The van der Waals surface area contributed by atoms with E-state index in [-0.39, 0.29) is 47.6 Å². The minimum atomic E-state index is -0.991. The van der Waals surface area contributed by atoms with Crippen molar-refractivity contribution in [3.8, 4) is 0 Å². The molecule has 6 aliphatic heterocycles. The lowest BCUT2D eigenvalue weighted by Crippen LogP contribution is -2.54. The van der Waals surface area contributed by atoms with E-state index in [1.54, 1.807) is 23.1 Å². The number of fused-ring (bicyclic) bond motifs is 1. The highest BCUT2D eigenvalue weighted by Crippen LogP contribution is 2.35. The predicted octanol–water partition coefficient (Wildman–Crippen LogP) is 1.75. The van der Waals surface area contributed by atoms with Crippen molar-refractivity contribution in [3.05, 3.63) is 58.2 Å². The van der Waals surface area contributed by atoms with Gasteiger partial charge < -0.3 is 35.6 Å². The van der Waals surface area contributed by atoms with Crippen LogP contribution in [-0.4, -0.2) is 161 Å². The summed E-state index contributed by atoms with van der Waals surface area (Å²) in [6, 6.07) is 9.99. The molecule has 0 bridgehead atoms. The van der Waals surface area contributed by atoms with Gasteiger partial charge in [0.2, 0.25) is 17.8 Å². The monoisotopic (exact) mass is 853 g/mol. The number of carbonyl (C=O) groups excluding carboxylic acids is 6. The summed E-state index contributed by atoms with van der Waals surface area (Å²) in [7, 11) is 1.81. The highest BCUT2D eigenvalue weighted by atomic mass is 35.5. The van der Waals surface area contributed by atoms with Crippen molar-refractivity contribution in [1.82, 2.24) is 40.1 Å². The fourth-order valence-corrected chi connectivity index (χ4v) is 9.79. The number of halogens is 1. The zero-order valence-electron chi connectivity index (χ0n) is 33.9. The molecule has 0 aliphatic carbocycles. The van der Waals surface area contributed by atoms with Gasteiger partial charge >= 0.3 is 6.03 Å². The molecular weight excluding hydrogens is 806 g/mol. The number of urea groups is 1. The number of aromatic nitrogens is 3. The Labute approximate surface area is 357 Å². The first kappa shape index (κ1) is 40.3. The molecule has 1 aromatic heterocycles. The Hall–Kier alpha value is -6.08. The highest BCUT2D eigenvalue weighted by Gasteiger charge is 2.45. The summed E-state index contributed by atoms with van der Waals surface area (Å²) in [4.78, 5) is 94.0. The van der Waals surface area contributed by atoms with Crippen LogP contribution >= 0.6 is 11.6 Å². The maximum Gasteiger partial charge on any atom is 0.320 e. The predicted molar refractivity (Wildman–Crippen MR) is 225 cm³/mol. The summed E-state index contributed by atoms with van der Waals surface area (Å²) < 4.78 is 0. The Morgan fingerprint density at radius 3 is 2.39 bits per heavy atom. The number of likely N-dealkylation sites (N-methyl/N-ethyl adjacent to an activating group) is 1. The summed E-state index contributed by atoms with van der Waals surface area (Å²) in [5, 5.41) is 14.4. The van der Waals surface area contributed by atoms with E-state index in [2.05, 4.69) is 40.5 Å². The summed E-state index contributed by atoms with van der Waals surface area (Å²) in [6.07, 6.45) is 2.93. The van der Waals surface area contributed by atoms with E-state index < -0.39 is 35.6 Å². The van der Waals surface area contributed by atoms with Gasteiger partial charge in [-0.25, -0.2) is 4.79 Å². The van der Waals surface area contributed by atoms with E-state index in [1.165, 1.54) is 0 Å². The minimum Gasteiger partial charge on any atom is -0.371 e. The molecule has 0 saturated carbocycles. The number of nitrogens with zero attached hydrogens (tertiary/aromatic N) is 10. The summed E-state index contributed by atoms with van der Waals surface area (Å²) in [6.45, 7) is 8.48. The highest BCUT2D eigenvalue weighted by molar-refractivity contribution is 6.33. The third-order valence-electron chi connectivity index (χ3n) is 12.8. The molecule has 3 atom stereocenters. The topological polar surface area (TPSA) is 214 Å². The fourth-order valence-electron chi connectivity index (χ4n) is 9.49. The zero-order chi connectivity index (χ0) is 42.5. The number of hydrogen-bond donors (Lipinski definition) is 3. The molecule has 3 aromatic rings. The Morgan fingerprint density at radius 1 is 0.852 bits per heavy atom. The number of hydrogen-bond acceptors (Lipinski definition) is 14. The molecule has 0 spiro atoms. The van der Waals surface area contributed by atoms with Crippen molar-refractivity contribution >= 4 is 76.0 Å². The van der Waals surface area contributed by atoms with E-state index in [9.17, 15) is 28.8 Å². The van der Waals surface area contributed by atoms with Crippen LogP contribution in [0.25, 0.3) is 0 Å². The zero-order valence-corrected chi connectivity index (χ0v) is 34.6. The number of amides is 7. The van der Waals surface area contributed by atoms with E-state index >= 15 is 0 Å². The molecule has 320 valence electrons. The second kappa shape index (κ2) is 16.4. The molecule has 7 amide bonds. The molecule has 20 heteroatoms. The van der Waals surface area contributed by atoms with Crippen molar-refractivity contribution < 1.29 is 28.8 Å². The fraction of sp³-hybridized carbons (Fsp3) is 0.488. The standard InChI is InChI=1S/C41H48ClN13O6/c1-49-13-18-54(41(49)61)27-3-2-11-53(23-27)40-46-36(34(35(43)57)47-48-40)44-25-4-7-31(30(42)19-25)51-16-14-50(15-17-51)21-24-10-12-52(22-24)26-5-6-28-29(20-26)39(60)55(38(28)59)32-8-9-33(56)45-37(32)58/h4-7,19-20,24,27,32H,2-3,8-18,21-23H2,1H3,(H2,43,57)(H,44,46,48)(H,45,56,58)/t24?,27-,32?/m1/s1. The average Bonchev–Trinajstić information content (AvgIpc) is 3.93. The molecule has 9 rings (SSSR count). The number of nitrogens with one attached hydrogen (secondary N) is 2. The molecule has 5 saturated heterocycles. The third-order valence-corrected chi connectivity index (χ3v) is 13.1. The van der Waals surface area contributed by atoms with Crippen LogP contribution in [0.1, 0.15) is 63.3 Å². The van der Waals surface area contributed by atoms with Gasteiger partial charge in [-0.2, -0.15) is 4.98 Å². The number of imide groups is 2. The minimum absolute atomic E-state index is 0.0236. The molecule has 4 N–H and O–H groups in total. The van der Waals surface area contributed by atoms with E-state index in [0.717, 1.165) is 81.4 Å². The molecule has 0 radical (unpaired) electrons. The first-order valence-electron chi connectivity index (χ1n) is 20.9. The van der Waals surface area contributed by atoms with Gasteiger partial charge in [-0.1, -0.05) is 11.6 Å². The number of carbonyl (C=O) groups is 6. The smallest absolute Gasteiger partial charge is 0.320 e. The van der Waals surface area contributed by atoms with Crippen LogP contribution in [0.15, 0.2) is 36.4 Å². The second-order valence-electron chi connectivity index (χ2n) is 16.7. The molecule has 2 aromatic carbocycles. The maximum atomic E-state index is 13.4. The van der Waals surface area contributed by atoms with Crippen molar-refractivity contribution in [2.45, 2.75) is 44.2 Å². The summed E-state index contributed by atoms with van der Waals surface area (Å²) >= 11 is 6.89. The lowest BCUT2D eigenvalue weighted by molar-refractivity contribution is -0.136. The van der Waals surface area contributed by atoms with Gasteiger partial charge in [0.25, 0.3) is 17.7 Å². The van der Waals surface area contributed by atoms with Crippen LogP contribution in [0.3, 0.4) is 0 Å². The van der Waals surface area contributed by atoms with Crippen LogP contribution in [0.5, 0.6) is 0 Å². The van der Waals surface area contributed by atoms with Gasteiger partial charge in [0, 0.05) is 96.8 Å². The molecule has 7 heterocycles. The molecule has 61 heavy (non-hydrogen) atoms. The number of primary amides is 1. The van der Waals surface area contributed by atoms with Gasteiger partial charge in [-0.3, -0.25) is 39.1 Å². The van der Waals surface area contributed by atoms with Crippen LogP contribution in [0, 0.1) is 5.92 Å². The molecule has 5 fully saturated rings. The van der Waals surface area contributed by atoms with Crippen LogP contribution in [0.4, 0.5) is 33.6 Å². The van der Waals surface area contributed by atoms with Crippen molar-refractivity contribution in [1.29, 1.82) is 0 Å². The van der Waals surface area contributed by atoms with E-state index in [4.69, 9.17) is 17.3 Å². The Kier molecular flexibility index (Phi) is 10.9. The van der Waals surface area contributed by atoms with Crippen molar-refractivity contribution in [2.75, 3.05) is 99.1 Å². The second-order valence-corrected chi connectivity index (χ2v) is 17.1. The summed E-state index contributed by atoms with van der Waals surface area (Å²) in [5.74, 6) is -1.85. The summed E-state index contributed by atoms with van der Waals surface area (Å²) in [5.41, 5.74) is 8.53. The van der Waals surface area contributed by atoms with E-state index in [1.807, 2.05) is 35.0 Å². The van der Waals surface area contributed by atoms with Gasteiger partial charge in [0.1, 0.15) is 6.04 Å². The third kappa shape index (κ3) is 7.87. The average molecular weight is 854 g/mol. The molecule has 19 nitrogen and oxygen atoms in total. The van der Waals surface area contributed by atoms with Gasteiger partial charge in [-0.15, -0.1) is 10.2 Å². The van der Waals surface area contributed by atoms with Gasteiger partial charge in [0.05, 0.1) is 27.9 Å². The Bertz CT molecular complexity index is 2310. The Morgan fingerprint density at radius 2 is 1.66 bits per heavy atom. The van der Waals surface area contributed by atoms with Gasteiger partial charge in [-0.05, 0) is 68.0 Å². The number of piperidine rings is 2. The number of anilines is 5. The Balaban J connectivity index is 0.786. The van der Waals surface area contributed by atoms with Gasteiger partial charge in [0.15, 0.2) is 11.5 Å². The normalized spacial score (nSPS) is 23.6. The maximum absolute atomic E-state index is 13.4. The SMILES string of the molecule is CN1CCN([C@@H]2CCCN(c3nnc(C(N)=O)c(Nc4ccc(N5CCN(CC6CCN(c7ccc8c(c7)C(=O)N(C7CCC(=O)NC7=O)C8=O)C6)CC5)c(Cl)c4)n3)C2)C1=O. The number of benzene rings is 2. The van der Waals surface area contributed by atoms with Crippen LogP contribution < -0.4 is 31.1 Å². The largest absolute Gasteiger partial charge is 0.371 e. The lowest BCUT2D eigenvalue weighted by atomic mass is 10.0. The van der Waals surface area contributed by atoms with Crippen LogP contribution in [-0.2, 0) is 9.59 Å².